The third kappa shape index (κ3) is 1.38. The van der Waals surface area contributed by atoms with Crippen LogP contribution in [0.25, 0.3) is 0 Å². The lowest BCUT2D eigenvalue weighted by Crippen LogP contribution is -2.28. The zero-order valence-electron chi connectivity index (χ0n) is 8.64. The highest BCUT2D eigenvalue weighted by Gasteiger charge is 2.36. The molecule has 2 rings (SSSR count). The summed E-state index contributed by atoms with van der Waals surface area (Å²) in [5, 5.41) is 9.80. The topological polar surface area (TPSA) is 53.4 Å². The van der Waals surface area contributed by atoms with E-state index in [-0.39, 0.29) is 17.7 Å². The molecular formula is C11H12N2O2. The number of aliphatic hydroxyl groups excluding tert-OH is 1. The molecule has 1 aliphatic heterocycles. The number of nitrogens with zero attached hydrogens (tertiary/aromatic N) is 2. The molecule has 0 saturated carbocycles. The van der Waals surface area contributed by atoms with Gasteiger partial charge in [0.25, 0.3) is 0 Å². The quantitative estimate of drug-likeness (QED) is 0.759. The Morgan fingerprint density at radius 3 is 2.67 bits per heavy atom. The maximum Gasteiger partial charge on any atom is 0.242 e. The van der Waals surface area contributed by atoms with Gasteiger partial charge in [-0.15, -0.1) is 0 Å². The third-order valence-electron chi connectivity index (χ3n) is 2.68. The number of pyridine rings is 1. The van der Waals surface area contributed by atoms with E-state index >= 15 is 0 Å². The van der Waals surface area contributed by atoms with E-state index in [0.717, 1.165) is 0 Å². The van der Waals surface area contributed by atoms with E-state index in [0.29, 0.717) is 11.4 Å². The van der Waals surface area contributed by atoms with Crippen LogP contribution in [0.3, 0.4) is 0 Å². The molecular weight excluding hydrogens is 192 g/mol. The van der Waals surface area contributed by atoms with Gasteiger partial charge in [-0.1, -0.05) is 6.07 Å². The smallest absolute Gasteiger partial charge is 0.242 e. The van der Waals surface area contributed by atoms with Gasteiger partial charge in [0, 0.05) is 6.20 Å². The van der Waals surface area contributed by atoms with Crippen molar-refractivity contribution in [3.8, 4) is 0 Å². The molecule has 0 fully saturated rings. The second kappa shape index (κ2) is 3.38. The zero-order valence-corrected chi connectivity index (χ0v) is 8.64. The summed E-state index contributed by atoms with van der Waals surface area (Å²) in [6.07, 6.45) is 1.59. The summed E-state index contributed by atoms with van der Waals surface area (Å²) < 4.78 is 0. The Bertz CT molecular complexity index is 425. The predicted molar refractivity (Wildman–Crippen MR) is 56.2 cm³/mol. The summed E-state index contributed by atoms with van der Waals surface area (Å²) in [6.45, 7) is 3.53. The molecule has 0 radical (unpaired) electrons. The van der Waals surface area contributed by atoms with Gasteiger partial charge < -0.3 is 5.11 Å². The Morgan fingerprint density at radius 1 is 1.47 bits per heavy atom. The molecule has 1 amide bonds. The van der Waals surface area contributed by atoms with Gasteiger partial charge in [0.15, 0.2) is 5.88 Å². The van der Waals surface area contributed by atoms with Crippen LogP contribution in [-0.2, 0) is 4.79 Å². The van der Waals surface area contributed by atoms with Gasteiger partial charge in [0.05, 0.1) is 5.92 Å². The molecule has 1 aromatic rings. The van der Waals surface area contributed by atoms with Gasteiger partial charge in [-0.25, -0.2) is 9.88 Å². The lowest BCUT2D eigenvalue weighted by molar-refractivity contribution is -0.119. The summed E-state index contributed by atoms with van der Waals surface area (Å²) in [5.41, 5.74) is 0.686. The highest BCUT2D eigenvalue weighted by Crippen LogP contribution is 2.30. The minimum Gasteiger partial charge on any atom is -0.494 e. The van der Waals surface area contributed by atoms with E-state index in [4.69, 9.17) is 0 Å². The molecule has 0 spiro atoms. The van der Waals surface area contributed by atoms with Gasteiger partial charge in [-0.05, 0) is 31.6 Å². The highest BCUT2D eigenvalue weighted by atomic mass is 16.3. The Hall–Kier alpha value is -1.84. The highest BCUT2D eigenvalue weighted by molar-refractivity contribution is 6.01. The van der Waals surface area contributed by atoms with Crippen molar-refractivity contribution in [3.63, 3.8) is 0 Å². The van der Waals surface area contributed by atoms with Gasteiger partial charge in [-0.3, -0.25) is 4.79 Å². The van der Waals surface area contributed by atoms with E-state index in [1.807, 2.05) is 0 Å². The summed E-state index contributed by atoms with van der Waals surface area (Å²) in [4.78, 5) is 17.1. The summed E-state index contributed by atoms with van der Waals surface area (Å²) in [6, 6.07) is 5.24. The van der Waals surface area contributed by atoms with Gasteiger partial charge in [0.2, 0.25) is 5.91 Å². The second-order valence-corrected chi connectivity index (χ2v) is 3.59. The molecule has 1 atom stereocenters. The van der Waals surface area contributed by atoms with Crippen LogP contribution >= 0.6 is 0 Å². The van der Waals surface area contributed by atoms with Crippen LogP contribution in [0, 0.1) is 5.92 Å². The summed E-state index contributed by atoms with van der Waals surface area (Å²) in [5.74, 6) is 0.0607. The van der Waals surface area contributed by atoms with Gasteiger partial charge in [0.1, 0.15) is 5.82 Å². The summed E-state index contributed by atoms with van der Waals surface area (Å²) >= 11 is 0. The first-order chi connectivity index (χ1) is 7.13. The molecule has 4 heteroatoms. The van der Waals surface area contributed by atoms with E-state index in [2.05, 4.69) is 4.98 Å². The van der Waals surface area contributed by atoms with Crippen LogP contribution in [0.1, 0.15) is 13.8 Å². The number of anilines is 1. The Labute approximate surface area is 87.9 Å². The molecule has 0 bridgehead atoms. The standard InChI is InChI=1S/C11H12N2O2/c1-7-8(2)11(15)13(10(7)14)9-5-3-4-6-12-9/h3-7,15H,1-2H3. The predicted octanol–water partition coefficient (Wildman–Crippen LogP) is 1.85. The Kier molecular flexibility index (Phi) is 2.19. The number of hydrogen-bond acceptors (Lipinski definition) is 3. The minimum atomic E-state index is -0.271. The first-order valence-corrected chi connectivity index (χ1v) is 4.77. The van der Waals surface area contributed by atoms with E-state index in [1.54, 1.807) is 38.2 Å². The molecule has 1 aliphatic rings. The largest absolute Gasteiger partial charge is 0.494 e. The Balaban J connectivity index is 2.44. The van der Waals surface area contributed by atoms with Crippen LogP contribution < -0.4 is 4.90 Å². The third-order valence-corrected chi connectivity index (χ3v) is 2.68. The Morgan fingerprint density at radius 2 is 2.20 bits per heavy atom. The van der Waals surface area contributed by atoms with Crippen molar-refractivity contribution in [2.24, 2.45) is 5.92 Å². The van der Waals surface area contributed by atoms with Crippen LogP contribution in [0.15, 0.2) is 35.9 Å². The fraction of sp³-hybridized carbons (Fsp3) is 0.273. The molecule has 0 aromatic carbocycles. The monoisotopic (exact) mass is 204 g/mol. The first kappa shape index (κ1) is 9.71. The molecule has 1 aromatic heterocycles. The minimum absolute atomic E-state index is 0.00574. The van der Waals surface area contributed by atoms with Crippen molar-refractivity contribution < 1.29 is 9.90 Å². The SMILES string of the molecule is CC1=C(O)N(c2ccccn2)C(=O)C1C. The van der Waals surface area contributed by atoms with Crippen molar-refractivity contribution in [2.45, 2.75) is 13.8 Å². The van der Waals surface area contributed by atoms with Gasteiger partial charge in [-0.2, -0.15) is 0 Å². The molecule has 1 N–H and O–H groups in total. The van der Waals surface area contributed by atoms with Crippen LogP contribution in [-0.4, -0.2) is 16.0 Å². The molecule has 1 unspecified atom stereocenters. The number of rotatable bonds is 1. The molecule has 0 aliphatic carbocycles. The number of amides is 1. The number of carbonyl (C=O) groups excluding carboxylic acids is 1. The van der Waals surface area contributed by atoms with Gasteiger partial charge >= 0.3 is 0 Å². The molecule has 2 heterocycles. The summed E-state index contributed by atoms with van der Waals surface area (Å²) in [7, 11) is 0. The van der Waals surface area contributed by atoms with E-state index in [9.17, 15) is 9.90 Å². The number of aliphatic hydroxyl groups is 1. The fourth-order valence-corrected chi connectivity index (χ4v) is 1.56. The fourth-order valence-electron chi connectivity index (χ4n) is 1.56. The maximum atomic E-state index is 11.8. The normalized spacial score (nSPS) is 21.3. The maximum absolute atomic E-state index is 11.8. The lowest BCUT2D eigenvalue weighted by atomic mass is 10.1. The van der Waals surface area contributed by atoms with Crippen molar-refractivity contribution in [2.75, 3.05) is 4.90 Å². The second-order valence-electron chi connectivity index (χ2n) is 3.59. The van der Waals surface area contributed by atoms with Crippen molar-refractivity contribution in [3.05, 3.63) is 35.9 Å². The van der Waals surface area contributed by atoms with Crippen molar-refractivity contribution in [1.29, 1.82) is 0 Å². The van der Waals surface area contributed by atoms with E-state index < -0.39 is 0 Å². The zero-order chi connectivity index (χ0) is 11.0. The van der Waals surface area contributed by atoms with Crippen molar-refractivity contribution >= 4 is 11.7 Å². The van der Waals surface area contributed by atoms with Crippen molar-refractivity contribution in [1.82, 2.24) is 4.98 Å². The number of carbonyl (C=O) groups is 1. The van der Waals surface area contributed by atoms with E-state index in [1.165, 1.54) is 4.90 Å². The van der Waals surface area contributed by atoms with Crippen LogP contribution in [0.5, 0.6) is 0 Å². The average Bonchev–Trinajstić information content (AvgIpc) is 2.45. The molecule has 4 nitrogen and oxygen atoms in total. The first-order valence-electron chi connectivity index (χ1n) is 4.77. The molecule has 15 heavy (non-hydrogen) atoms. The van der Waals surface area contributed by atoms with Crippen LogP contribution in [0.4, 0.5) is 5.82 Å². The lowest BCUT2D eigenvalue weighted by Gasteiger charge is -2.15. The number of aromatic nitrogens is 1. The molecule has 78 valence electrons. The molecule has 0 saturated heterocycles. The number of hydrogen-bond donors (Lipinski definition) is 1. The van der Waals surface area contributed by atoms with Crippen LogP contribution in [0.2, 0.25) is 0 Å². The average molecular weight is 204 g/mol.